The van der Waals surface area contributed by atoms with E-state index in [9.17, 15) is 19.2 Å². The van der Waals surface area contributed by atoms with E-state index in [1.165, 1.54) is 0 Å². The summed E-state index contributed by atoms with van der Waals surface area (Å²) in [5, 5.41) is 6.61. The normalized spacial score (nSPS) is 18.6. The van der Waals surface area contributed by atoms with Gasteiger partial charge in [0.15, 0.2) is 0 Å². The Morgan fingerprint density at radius 2 is 0.776 bits per heavy atom. The second-order valence-electron chi connectivity index (χ2n) is 14.2. The van der Waals surface area contributed by atoms with Gasteiger partial charge in [-0.3, -0.25) is 19.2 Å². The van der Waals surface area contributed by atoms with Gasteiger partial charge in [-0.1, -0.05) is 13.8 Å². The van der Waals surface area contributed by atoms with Gasteiger partial charge in [-0.05, 0) is 25.7 Å². The van der Waals surface area contributed by atoms with Crippen molar-refractivity contribution in [3.8, 4) is 0 Å². The van der Waals surface area contributed by atoms with E-state index >= 15 is 0 Å². The molecular formula is C35H64N6O8. The highest BCUT2D eigenvalue weighted by atomic mass is 16.6. The summed E-state index contributed by atoms with van der Waals surface area (Å²) < 4.78 is 21.7. The van der Waals surface area contributed by atoms with Gasteiger partial charge in [0, 0.05) is 110 Å². The molecule has 2 N–H and O–H groups in total. The number of unbranched alkanes of at least 4 members (excludes halogenated alkanes) is 3. The lowest BCUT2D eigenvalue weighted by Gasteiger charge is -2.34. The summed E-state index contributed by atoms with van der Waals surface area (Å²) in [6, 6.07) is 0. The molecule has 3 rings (SSSR count). The molecule has 0 aliphatic carbocycles. The quantitative estimate of drug-likeness (QED) is 0.0881. The third-order valence-electron chi connectivity index (χ3n) is 9.23. The number of esters is 4. The lowest BCUT2D eigenvalue weighted by molar-refractivity contribution is -0.153. The first-order valence-electron chi connectivity index (χ1n) is 18.6. The lowest BCUT2D eigenvalue weighted by atomic mass is 9.96. The number of piperazine rings is 3. The van der Waals surface area contributed by atoms with Crippen LogP contribution in [0.2, 0.25) is 0 Å². The van der Waals surface area contributed by atoms with Crippen LogP contribution in [0.15, 0.2) is 0 Å². The van der Waals surface area contributed by atoms with Crippen molar-refractivity contribution in [3.63, 3.8) is 0 Å². The third kappa shape index (κ3) is 19.6. The van der Waals surface area contributed by atoms with Gasteiger partial charge in [-0.2, -0.15) is 0 Å². The Labute approximate surface area is 293 Å². The summed E-state index contributed by atoms with van der Waals surface area (Å²) in [5.41, 5.74) is -0.449. The fourth-order valence-corrected chi connectivity index (χ4v) is 5.92. The summed E-state index contributed by atoms with van der Waals surface area (Å²) in [6.45, 7) is 19.0. The van der Waals surface area contributed by atoms with Crippen LogP contribution in [0, 0.1) is 5.41 Å². The van der Waals surface area contributed by atoms with Gasteiger partial charge in [0.1, 0.15) is 0 Å². The van der Waals surface area contributed by atoms with Gasteiger partial charge >= 0.3 is 23.9 Å². The number of nitrogens with one attached hydrogen (secondary N) is 2. The van der Waals surface area contributed by atoms with Crippen LogP contribution >= 0.6 is 0 Å². The zero-order valence-electron chi connectivity index (χ0n) is 30.4. The largest absolute Gasteiger partial charge is 0.466 e. The number of nitrogens with zero attached hydrogens (tertiary/aromatic N) is 4. The van der Waals surface area contributed by atoms with Crippen LogP contribution in [-0.4, -0.2) is 175 Å². The smallest absolute Gasteiger partial charge is 0.307 e. The molecule has 0 atom stereocenters. The molecule has 0 aromatic heterocycles. The summed E-state index contributed by atoms with van der Waals surface area (Å²) in [5.74, 6) is -0.760. The molecule has 14 heteroatoms. The highest BCUT2D eigenvalue weighted by Gasteiger charge is 2.24. The summed E-state index contributed by atoms with van der Waals surface area (Å²) in [6.07, 6.45) is 5.02. The number of hydrogen-bond donors (Lipinski definition) is 2. The van der Waals surface area contributed by atoms with Crippen molar-refractivity contribution in [1.29, 1.82) is 0 Å². The molecule has 14 nitrogen and oxygen atoms in total. The van der Waals surface area contributed by atoms with E-state index < -0.39 is 5.41 Å². The number of rotatable bonds is 23. The van der Waals surface area contributed by atoms with Crippen molar-refractivity contribution in [3.05, 3.63) is 0 Å². The van der Waals surface area contributed by atoms with Crippen molar-refractivity contribution in [2.45, 2.75) is 65.2 Å². The molecule has 3 fully saturated rings. The van der Waals surface area contributed by atoms with Gasteiger partial charge in [0.05, 0.1) is 52.1 Å². The summed E-state index contributed by atoms with van der Waals surface area (Å²) in [7, 11) is 0. The van der Waals surface area contributed by atoms with Crippen LogP contribution in [0.4, 0.5) is 0 Å². The Kier molecular flexibility index (Phi) is 20.1. The minimum atomic E-state index is -0.449. The summed E-state index contributed by atoms with van der Waals surface area (Å²) >= 11 is 0. The van der Waals surface area contributed by atoms with Crippen molar-refractivity contribution < 1.29 is 38.1 Å². The average Bonchev–Trinajstić information content (AvgIpc) is 3.12. The maximum absolute atomic E-state index is 12.4. The number of carbonyl (C=O) groups excluding carboxylic acids is 4. The van der Waals surface area contributed by atoms with E-state index in [1.54, 1.807) is 0 Å². The first kappa shape index (κ1) is 41.1. The van der Waals surface area contributed by atoms with Gasteiger partial charge in [-0.25, -0.2) is 0 Å². The third-order valence-corrected chi connectivity index (χ3v) is 9.23. The van der Waals surface area contributed by atoms with Gasteiger partial charge in [0.25, 0.3) is 0 Å². The van der Waals surface area contributed by atoms with E-state index in [0.29, 0.717) is 58.5 Å². The fraction of sp³-hybridized carbons (Fsp3) is 0.886. The number of ether oxygens (including phenoxy) is 4. The zero-order chi connectivity index (χ0) is 35.2. The maximum Gasteiger partial charge on any atom is 0.307 e. The van der Waals surface area contributed by atoms with Crippen LogP contribution in [0.1, 0.15) is 65.2 Å². The van der Waals surface area contributed by atoms with Crippen molar-refractivity contribution in [1.82, 2.24) is 30.2 Å². The van der Waals surface area contributed by atoms with Gasteiger partial charge < -0.3 is 49.2 Å². The van der Waals surface area contributed by atoms with Gasteiger partial charge in [-0.15, -0.1) is 0 Å². The molecule has 0 bridgehead atoms. The van der Waals surface area contributed by atoms with Crippen LogP contribution in [-0.2, 0) is 38.1 Å². The molecule has 0 spiro atoms. The lowest BCUT2D eigenvalue weighted by Crippen LogP contribution is -2.47. The van der Waals surface area contributed by atoms with Gasteiger partial charge in [0.2, 0.25) is 0 Å². The standard InChI is InChI=1S/C35H64N6O8/c1-35(2,29-48-33(44)9-16-39-21-13-37-14-22-39)30-49-34(45)10-18-41-25-23-40(24-26-41)17-8-32(43)47-28-6-4-3-5-27-46-31(42)7-15-38-19-11-36-12-20-38/h36-37H,3-30H2,1-2H3. The topological polar surface area (TPSA) is 142 Å². The maximum atomic E-state index is 12.4. The summed E-state index contributed by atoms with van der Waals surface area (Å²) in [4.78, 5) is 57.7. The zero-order valence-corrected chi connectivity index (χ0v) is 30.4. The highest BCUT2D eigenvalue weighted by molar-refractivity contribution is 5.70. The molecule has 0 unspecified atom stereocenters. The molecule has 0 aromatic rings. The van der Waals surface area contributed by atoms with E-state index in [0.717, 1.165) is 111 Å². The minimum absolute atomic E-state index is 0.126. The molecule has 49 heavy (non-hydrogen) atoms. The highest BCUT2D eigenvalue weighted by Crippen LogP contribution is 2.17. The predicted molar refractivity (Wildman–Crippen MR) is 186 cm³/mol. The Morgan fingerprint density at radius 1 is 0.469 bits per heavy atom. The Bertz CT molecular complexity index is 966. The van der Waals surface area contributed by atoms with E-state index in [1.807, 2.05) is 13.8 Å². The first-order chi connectivity index (χ1) is 23.7. The number of hydrogen-bond acceptors (Lipinski definition) is 14. The van der Waals surface area contributed by atoms with Crippen LogP contribution in [0.25, 0.3) is 0 Å². The molecular weight excluding hydrogens is 632 g/mol. The Balaban J connectivity index is 1.10. The van der Waals surface area contributed by atoms with Crippen LogP contribution in [0.5, 0.6) is 0 Å². The van der Waals surface area contributed by atoms with Crippen molar-refractivity contribution >= 4 is 23.9 Å². The second-order valence-corrected chi connectivity index (χ2v) is 14.2. The number of carbonyl (C=O) groups is 4. The van der Waals surface area contributed by atoms with Crippen molar-refractivity contribution in [2.75, 3.05) is 131 Å². The van der Waals surface area contributed by atoms with E-state index in [4.69, 9.17) is 18.9 Å². The SMILES string of the molecule is CC(C)(COC(=O)CCN1CCNCC1)COC(=O)CCN1CCN(CCC(=O)OCCCCCCOC(=O)CCN2CCNCC2)CC1. The molecule has 3 aliphatic rings. The molecule has 0 radical (unpaired) electrons. The molecule has 0 amide bonds. The monoisotopic (exact) mass is 696 g/mol. The van der Waals surface area contributed by atoms with E-state index in [-0.39, 0.29) is 37.1 Å². The van der Waals surface area contributed by atoms with E-state index in [2.05, 4.69) is 30.2 Å². The molecule has 3 saturated heterocycles. The molecule has 3 aliphatic heterocycles. The average molecular weight is 697 g/mol. The molecule has 0 aromatic carbocycles. The van der Waals surface area contributed by atoms with Crippen LogP contribution in [0.3, 0.4) is 0 Å². The Hall–Kier alpha value is -2.36. The predicted octanol–water partition coefficient (Wildman–Crippen LogP) is 0.734. The van der Waals surface area contributed by atoms with Crippen molar-refractivity contribution in [2.24, 2.45) is 5.41 Å². The fourth-order valence-electron chi connectivity index (χ4n) is 5.92. The molecule has 3 heterocycles. The molecule has 0 saturated carbocycles. The Morgan fingerprint density at radius 3 is 1.12 bits per heavy atom. The molecule has 282 valence electrons. The second kappa shape index (κ2) is 23.9. The first-order valence-corrected chi connectivity index (χ1v) is 18.6. The van der Waals surface area contributed by atoms with Crippen LogP contribution < -0.4 is 10.6 Å². The minimum Gasteiger partial charge on any atom is -0.466 e.